The van der Waals surface area contributed by atoms with Gasteiger partial charge in [0.25, 0.3) is 0 Å². The Kier molecular flexibility index (Phi) is 8.60. The minimum Gasteiger partial charge on any atom is -0.516 e. The maximum atomic E-state index is 6.11. The highest BCUT2D eigenvalue weighted by Crippen LogP contribution is 2.21. The molecule has 0 bridgehead atoms. The number of likely N-dealkylation sites (N-methyl/N-ethyl adjacent to an activating group) is 1. The quantitative estimate of drug-likeness (QED) is 0.237. The summed E-state index contributed by atoms with van der Waals surface area (Å²) in [5.41, 5.74) is 2.24. The van der Waals surface area contributed by atoms with Crippen molar-refractivity contribution in [2.45, 2.75) is 46.1 Å². The molecule has 0 aromatic heterocycles. The zero-order chi connectivity index (χ0) is 19.8. The van der Waals surface area contributed by atoms with Crippen LogP contribution in [0, 0.1) is 0 Å². The van der Waals surface area contributed by atoms with Crippen molar-refractivity contribution >= 4 is 8.32 Å². The molecule has 0 spiro atoms. The molecule has 0 aliphatic rings. The summed E-state index contributed by atoms with van der Waals surface area (Å²) < 4.78 is 18.4. The van der Waals surface area contributed by atoms with Crippen LogP contribution in [0.5, 0.6) is 0 Å². The third-order valence-electron chi connectivity index (χ3n) is 3.89. The first kappa shape index (κ1) is 22.5. The van der Waals surface area contributed by atoms with E-state index in [1.54, 1.807) is 0 Å². The van der Waals surface area contributed by atoms with Crippen LogP contribution in [0.15, 0.2) is 54.6 Å². The van der Waals surface area contributed by atoms with Gasteiger partial charge in [0.15, 0.2) is 6.20 Å². The van der Waals surface area contributed by atoms with Crippen molar-refractivity contribution in [3.63, 3.8) is 0 Å². The predicted molar refractivity (Wildman–Crippen MR) is 111 cm³/mol. The molecule has 0 radical (unpaired) electrons. The lowest BCUT2D eigenvalue weighted by atomic mass is 10.1. The van der Waals surface area contributed by atoms with Crippen LogP contribution in [-0.2, 0) is 20.5 Å². The summed E-state index contributed by atoms with van der Waals surface area (Å²) in [4.78, 5) is 0. The summed E-state index contributed by atoms with van der Waals surface area (Å²) in [7, 11) is 2.50. The Balaban J connectivity index is 2.86. The monoisotopic (exact) mass is 378 g/mol. The van der Waals surface area contributed by atoms with Crippen molar-refractivity contribution in [1.29, 1.82) is 0 Å². The van der Waals surface area contributed by atoms with E-state index in [2.05, 4.69) is 52.4 Å². The predicted octanol–water partition coefficient (Wildman–Crippen LogP) is 4.91. The van der Waals surface area contributed by atoms with E-state index in [4.69, 9.17) is 13.9 Å². The number of benzene rings is 1. The van der Waals surface area contributed by atoms with Gasteiger partial charge in [0.2, 0.25) is 8.32 Å². The van der Waals surface area contributed by atoms with Crippen LogP contribution in [0.25, 0.3) is 0 Å². The van der Waals surface area contributed by atoms with E-state index in [1.807, 2.05) is 38.2 Å². The lowest BCUT2D eigenvalue weighted by Crippen LogP contribution is -2.48. The smallest absolute Gasteiger partial charge is 0.321 e. The molecule has 0 amide bonds. The summed E-state index contributed by atoms with van der Waals surface area (Å²) in [6.45, 7) is 16.4. The van der Waals surface area contributed by atoms with Crippen molar-refractivity contribution in [3.8, 4) is 0 Å². The molecular formula is C21H36NO3Si+. The van der Waals surface area contributed by atoms with Crippen molar-refractivity contribution in [1.82, 2.24) is 0 Å². The highest BCUT2D eigenvalue weighted by Gasteiger charge is 2.31. The first-order valence-corrected chi connectivity index (χ1v) is 12.6. The molecule has 1 aromatic carbocycles. The van der Waals surface area contributed by atoms with E-state index in [9.17, 15) is 0 Å². The van der Waals surface area contributed by atoms with Crippen LogP contribution in [0.3, 0.4) is 0 Å². The molecule has 1 aromatic rings. The fourth-order valence-electron chi connectivity index (χ4n) is 2.66. The van der Waals surface area contributed by atoms with Gasteiger partial charge in [-0.1, -0.05) is 36.9 Å². The van der Waals surface area contributed by atoms with E-state index in [0.717, 1.165) is 5.57 Å². The maximum Gasteiger partial charge on any atom is 0.321 e. The number of nitrogens with zero attached hydrogens (tertiary/aromatic N) is 1. The largest absolute Gasteiger partial charge is 0.516 e. The third-order valence-corrected chi connectivity index (χ3v) is 4.70. The number of hydrogen-bond acceptors (Lipinski definition) is 3. The minimum atomic E-state index is -1.75. The Bertz CT molecular complexity index is 591. The molecule has 0 aliphatic heterocycles. The van der Waals surface area contributed by atoms with Gasteiger partial charge in [-0.25, -0.2) is 0 Å². The van der Waals surface area contributed by atoms with Gasteiger partial charge in [-0.2, -0.15) is 0 Å². The van der Waals surface area contributed by atoms with E-state index < -0.39 is 8.32 Å². The average Bonchev–Trinajstić information content (AvgIpc) is 2.50. The number of rotatable bonds is 11. The van der Waals surface area contributed by atoms with Crippen molar-refractivity contribution in [3.05, 3.63) is 60.2 Å². The molecular weight excluding hydrogens is 342 g/mol. The molecule has 4 nitrogen and oxygen atoms in total. The van der Waals surface area contributed by atoms with Crippen molar-refractivity contribution in [2.24, 2.45) is 0 Å². The van der Waals surface area contributed by atoms with Gasteiger partial charge in [0.05, 0.1) is 27.3 Å². The fraction of sp³-hybridized carbons (Fsp3) is 0.524. The first-order chi connectivity index (χ1) is 12.0. The Morgan fingerprint density at radius 3 is 2.31 bits per heavy atom. The first-order valence-electron chi connectivity index (χ1n) is 9.20. The molecule has 1 atom stereocenters. The van der Waals surface area contributed by atoms with Crippen molar-refractivity contribution < 1.29 is 18.4 Å². The van der Waals surface area contributed by atoms with Crippen LogP contribution in [-0.4, -0.2) is 46.2 Å². The van der Waals surface area contributed by atoms with Crippen LogP contribution >= 0.6 is 0 Å². The molecule has 1 unspecified atom stereocenters. The molecule has 0 heterocycles. The Morgan fingerprint density at radius 1 is 1.19 bits per heavy atom. The van der Waals surface area contributed by atoms with Gasteiger partial charge in [0.1, 0.15) is 12.6 Å². The Hall–Kier alpha value is -1.56. The van der Waals surface area contributed by atoms with E-state index in [0.29, 0.717) is 30.2 Å². The molecule has 146 valence electrons. The minimum absolute atomic E-state index is 0.111. The van der Waals surface area contributed by atoms with Crippen LogP contribution in [0.4, 0.5) is 0 Å². The van der Waals surface area contributed by atoms with Gasteiger partial charge in [-0.05, 0) is 44.6 Å². The molecule has 0 saturated carbocycles. The number of quaternary nitrogens is 1. The second kappa shape index (κ2) is 9.95. The molecule has 0 saturated heterocycles. The summed E-state index contributed by atoms with van der Waals surface area (Å²) >= 11 is 0. The molecule has 26 heavy (non-hydrogen) atoms. The standard InChI is InChI=1S/C21H36NO3Si/c1-9-24-21(25-26(6,7)8)15-22(4,5)20(18(2)3)17-23-16-19-13-11-10-12-14-19/h10-15,20H,2,9,16-17H2,1,3-8H3/q+1/b21-15-. The van der Waals surface area contributed by atoms with Crippen LogP contribution < -0.4 is 0 Å². The normalized spacial score (nSPS) is 14.0. The second-order valence-corrected chi connectivity index (χ2v) is 12.5. The molecule has 1 rings (SSSR count). The molecule has 0 fully saturated rings. The third kappa shape index (κ3) is 8.21. The van der Waals surface area contributed by atoms with Crippen molar-refractivity contribution in [2.75, 3.05) is 27.3 Å². The van der Waals surface area contributed by atoms with E-state index >= 15 is 0 Å². The average molecular weight is 379 g/mol. The van der Waals surface area contributed by atoms with Gasteiger partial charge in [-0.15, -0.1) is 0 Å². The highest BCUT2D eigenvalue weighted by molar-refractivity contribution is 6.69. The zero-order valence-electron chi connectivity index (χ0n) is 17.5. The van der Waals surface area contributed by atoms with Gasteiger partial charge in [-0.3, -0.25) is 4.48 Å². The summed E-state index contributed by atoms with van der Waals surface area (Å²) in [6.07, 6.45) is 2.03. The zero-order valence-corrected chi connectivity index (χ0v) is 18.5. The van der Waals surface area contributed by atoms with Crippen LogP contribution in [0.1, 0.15) is 19.4 Å². The van der Waals surface area contributed by atoms with E-state index in [-0.39, 0.29) is 6.04 Å². The summed E-state index contributed by atoms with van der Waals surface area (Å²) in [6, 6.07) is 10.3. The SMILES string of the molecule is C=C(C)C(COCc1ccccc1)[N+](C)(C)/C=C(/OCC)O[Si](C)(C)C. The lowest BCUT2D eigenvalue weighted by molar-refractivity contribution is -0.861. The number of ether oxygens (including phenoxy) is 2. The molecule has 0 N–H and O–H groups in total. The lowest BCUT2D eigenvalue weighted by Gasteiger charge is -2.35. The highest BCUT2D eigenvalue weighted by atomic mass is 28.4. The van der Waals surface area contributed by atoms with Gasteiger partial charge < -0.3 is 13.9 Å². The second-order valence-electron chi connectivity index (χ2n) is 8.09. The van der Waals surface area contributed by atoms with Gasteiger partial charge >= 0.3 is 5.95 Å². The Labute approximate surface area is 160 Å². The fourth-order valence-corrected chi connectivity index (χ4v) is 3.38. The Morgan fingerprint density at radius 2 is 1.81 bits per heavy atom. The molecule has 5 heteroatoms. The van der Waals surface area contributed by atoms with Crippen LogP contribution in [0.2, 0.25) is 19.6 Å². The number of hydrogen-bond donors (Lipinski definition) is 0. The van der Waals surface area contributed by atoms with E-state index in [1.165, 1.54) is 5.56 Å². The summed E-state index contributed by atoms with van der Waals surface area (Å²) in [5.74, 6) is 0.603. The summed E-state index contributed by atoms with van der Waals surface area (Å²) in [5, 5.41) is 0. The maximum absolute atomic E-state index is 6.11. The molecule has 0 aliphatic carbocycles. The van der Waals surface area contributed by atoms with Gasteiger partial charge in [0, 0.05) is 0 Å². The topological polar surface area (TPSA) is 27.7 Å².